The molecule has 4 aromatic rings. The lowest BCUT2D eigenvalue weighted by molar-refractivity contribution is -0.144. The molecule has 1 saturated heterocycles. The molecule has 1 fully saturated rings. The van der Waals surface area contributed by atoms with E-state index >= 15 is 0 Å². The van der Waals surface area contributed by atoms with Crippen molar-refractivity contribution < 1.29 is 38.2 Å². The van der Waals surface area contributed by atoms with Gasteiger partial charge in [-0.3, -0.25) is 29.4 Å². The van der Waals surface area contributed by atoms with Crippen LogP contribution in [0.2, 0.25) is 0 Å². The summed E-state index contributed by atoms with van der Waals surface area (Å²) in [4.78, 5) is 78.2. The third kappa shape index (κ3) is 12.5. The minimum Gasteiger partial charge on any atom is -0.449 e. The Bertz CT molecular complexity index is 2320. The zero-order chi connectivity index (χ0) is 50.0. The predicted octanol–water partition coefficient (Wildman–Crippen LogP) is 7.92. The third-order valence-corrected chi connectivity index (χ3v) is 15.1. The lowest BCUT2D eigenvalue weighted by atomic mass is 9.87. The average Bonchev–Trinajstić information content (AvgIpc) is 4.11. The smallest absolute Gasteiger partial charge is 0.408 e. The Morgan fingerprint density at radius 2 is 1.52 bits per heavy atom. The molecule has 3 aromatic carbocycles. The first-order chi connectivity index (χ1) is 33.0. The number of nitrogens with one attached hydrogen (secondary N) is 3. The van der Waals surface area contributed by atoms with Gasteiger partial charge in [0.05, 0.1) is 42.7 Å². The third-order valence-electron chi connectivity index (χ3n) is 14.2. The standard InChI is InChI=1S/C54H72N6O8S/c1-11-34(4)47(44(66-9)31-45(61)60-28-19-26-43(60)48(67-10)35(5)49(62)56-42(51-55-27-29-69-51)30-36-20-13-12-14-21-36)59(8)46(33(2)3)50(63)57-52(64)54(6,7)58-53(65)68-32-41-39-24-17-15-22-37(39)38-23-16-18-25-40(38)41/h12-18,20-25,27,29,33-35,41-44,46-48H,11,19,26,28,30-32H2,1-10H3,(H,56,62)(H,58,65)(H,57,63,64)/t34-,35?,42-,43-,44+,46-,47-,48+/m0/s1. The van der Waals surface area contributed by atoms with Crippen LogP contribution in [0.1, 0.15) is 108 Å². The van der Waals surface area contributed by atoms with Gasteiger partial charge in [0, 0.05) is 44.3 Å². The summed E-state index contributed by atoms with van der Waals surface area (Å²) in [6, 6.07) is 24.2. The quantitative estimate of drug-likeness (QED) is 0.0704. The Labute approximate surface area is 412 Å². The fraction of sp³-hybridized carbons (Fsp3) is 0.519. The van der Waals surface area contributed by atoms with Gasteiger partial charge in [0.25, 0.3) is 5.91 Å². The van der Waals surface area contributed by atoms with E-state index in [0.717, 1.165) is 45.7 Å². The summed E-state index contributed by atoms with van der Waals surface area (Å²) < 4.78 is 18.0. The van der Waals surface area contributed by atoms with Crippen molar-refractivity contribution in [2.75, 3.05) is 34.4 Å². The Hall–Kier alpha value is -5.48. The molecule has 0 saturated carbocycles. The second kappa shape index (κ2) is 23.9. The first-order valence-corrected chi connectivity index (χ1v) is 25.2. The average molecular weight is 965 g/mol. The van der Waals surface area contributed by atoms with Crippen molar-refractivity contribution in [1.29, 1.82) is 0 Å². The normalized spacial score (nSPS) is 17.8. The molecule has 5 amide bonds. The highest BCUT2D eigenvalue weighted by atomic mass is 32.1. The second-order valence-electron chi connectivity index (χ2n) is 19.5. The number of carbonyl (C=O) groups is 5. The number of hydrogen-bond acceptors (Lipinski definition) is 11. The van der Waals surface area contributed by atoms with Gasteiger partial charge in [-0.2, -0.15) is 0 Å². The summed E-state index contributed by atoms with van der Waals surface area (Å²) in [6.45, 7) is 13.4. The van der Waals surface area contributed by atoms with Gasteiger partial charge in [-0.25, -0.2) is 9.78 Å². The maximum Gasteiger partial charge on any atom is 0.408 e. The molecule has 2 aliphatic rings. The van der Waals surface area contributed by atoms with Crippen LogP contribution in [0, 0.1) is 17.8 Å². The maximum atomic E-state index is 14.5. The number of nitrogens with zero attached hydrogens (tertiary/aromatic N) is 3. The number of fused-ring (bicyclic) bond motifs is 3. The van der Waals surface area contributed by atoms with E-state index in [1.807, 2.05) is 110 Å². The molecule has 69 heavy (non-hydrogen) atoms. The number of likely N-dealkylation sites (tertiary alicyclic amines) is 1. The highest BCUT2D eigenvalue weighted by Gasteiger charge is 2.44. The van der Waals surface area contributed by atoms with Crippen LogP contribution in [-0.2, 0) is 39.8 Å². The van der Waals surface area contributed by atoms with Crippen molar-refractivity contribution in [2.24, 2.45) is 17.8 Å². The number of alkyl carbamates (subject to hydrolysis) is 1. The van der Waals surface area contributed by atoms with E-state index in [2.05, 4.69) is 46.9 Å². The van der Waals surface area contributed by atoms with E-state index in [1.54, 1.807) is 20.4 Å². The number of benzene rings is 3. The number of imide groups is 1. The van der Waals surface area contributed by atoms with Crippen LogP contribution >= 0.6 is 11.3 Å². The van der Waals surface area contributed by atoms with E-state index in [0.29, 0.717) is 19.4 Å². The Kier molecular flexibility index (Phi) is 18.3. The minimum absolute atomic E-state index is 0.0228. The van der Waals surface area contributed by atoms with Gasteiger partial charge >= 0.3 is 6.09 Å². The van der Waals surface area contributed by atoms with Crippen molar-refractivity contribution in [1.82, 2.24) is 30.7 Å². The molecule has 1 unspecified atom stereocenters. The zero-order valence-corrected chi connectivity index (χ0v) is 42.7. The highest BCUT2D eigenvalue weighted by Crippen LogP contribution is 2.44. The number of likely N-dealkylation sites (N-methyl/N-ethyl adjacent to an activating group) is 1. The molecule has 2 heterocycles. The van der Waals surface area contributed by atoms with Crippen LogP contribution < -0.4 is 16.0 Å². The number of carbonyl (C=O) groups excluding carboxylic acids is 5. The zero-order valence-electron chi connectivity index (χ0n) is 41.9. The molecule has 0 bridgehead atoms. The lowest BCUT2D eigenvalue weighted by Gasteiger charge is -2.43. The minimum atomic E-state index is -1.51. The van der Waals surface area contributed by atoms with Crippen molar-refractivity contribution >= 4 is 41.1 Å². The van der Waals surface area contributed by atoms with E-state index in [1.165, 1.54) is 25.2 Å². The van der Waals surface area contributed by atoms with E-state index in [4.69, 9.17) is 14.2 Å². The Morgan fingerprint density at radius 1 is 0.884 bits per heavy atom. The van der Waals surface area contributed by atoms with Crippen LogP contribution in [0.25, 0.3) is 11.1 Å². The monoisotopic (exact) mass is 965 g/mol. The number of methoxy groups -OCH3 is 2. The van der Waals surface area contributed by atoms with E-state index in [9.17, 15) is 24.0 Å². The molecule has 1 aromatic heterocycles. The number of rotatable bonds is 22. The summed E-state index contributed by atoms with van der Waals surface area (Å²) in [6.07, 6.45) is 2.51. The molecule has 6 rings (SSSR count). The van der Waals surface area contributed by atoms with Gasteiger partial charge in [0.2, 0.25) is 17.7 Å². The molecule has 1 aliphatic carbocycles. The molecule has 0 radical (unpaired) electrons. The summed E-state index contributed by atoms with van der Waals surface area (Å²) >= 11 is 1.49. The van der Waals surface area contributed by atoms with Gasteiger partial charge in [0.1, 0.15) is 17.2 Å². The number of aromatic nitrogens is 1. The van der Waals surface area contributed by atoms with Crippen molar-refractivity contribution in [3.63, 3.8) is 0 Å². The van der Waals surface area contributed by atoms with Gasteiger partial charge in [-0.05, 0) is 79.8 Å². The van der Waals surface area contributed by atoms with Gasteiger partial charge in [0.15, 0.2) is 0 Å². The number of amides is 5. The maximum absolute atomic E-state index is 14.5. The first-order valence-electron chi connectivity index (χ1n) is 24.3. The lowest BCUT2D eigenvalue weighted by Crippen LogP contribution is -2.62. The fourth-order valence-corrected chi connectivity index (χ4v) is 11.1. The Balaban J connectivity index is 1.09. The molecule has 14 nitrogen and oxygen atoms in total. The molecule has 0 spiro atoms. The molecular formula is C54H72N6O8S. The summed E-state index contributed by atoms with van der Waals surface area (Å²) in [5, 5.41) is 11.2. The van der Waals surface area contributed by atoms with Crippen LogP contribution in [0.4, 0.5) is 4.79 Å². The van der Waals surface area contributed by atoms with Crippen molar-refractivity contribution in [3.05, 3.63) is 112 Å². The molecule has 372 valence electrons. The van der Waals surface area contributed by atoms with E-state index < -0.39 is 53.7 Å². The number of hydrogen-bond donors (Lipinski definition) is 3. The van der Waals surface area contributed by atoms with Gasteiger partial charge < -0.3 is 29.7 Å². The first kappa shape index (κ1) is 52.9. The molecule has 15 heteroatoms. The highest BCUT2D eigenvalue weighted by molar-refractivity contribution is 7.09. The van der Waals surface area contributed by atoms with Crippen LogP contribution in [0.3, 0.4) is 0 Å². The number of thiazole rings is 1. The summed E-state index contributed by atoms with van der Waals surface area (Å²) in [7, 11) is 5.00. The SMILES string of the molecule is CC[C@H](C)[C@@H]([C@@H](CC(=O)N1CCC[C@H]1[C@H](OC)C(C)C(=O)N[C@@H](Cc1ccccc1)c1nccs1)OC)N(C)[C@H](C(=O)NC(=O)C(C)(C)NC(=O)OCC1c2ccccc2-c2ccccc21)C(C)C. The topological polar surface area (TPSA) is 168 Å². The second-order valence-corrected chi connectivity index (χ2v) is 20.4. The molecule has 8 atom stereocenters. The van der Waals surface area contributed by atoms with E-state index in [-0.39, 0.29) is 54.7 Å². The summed E-state index contributed by atoms with van der Waals surface area (Å²) in [5.41, 5.74) is 3.90. The number of ether oxygens (including phenoxy) is 3. The van der Waals surface area contributed by atoms with Crippen LogP contribution in [-0.4, -0.2) is 115 Å². The molecule has 3 N–H and O–H groups in total. The molecular weight excluding hydrogens is 893 g/mol. The van der Waals surface area contributed by atoms with Crippen molar-refractivity contribution in [2.45, 2.75) is 128 Å². The summed E-state index contributed by atoms with van der Waals surface area (Å²) in [5.74, 6) is -2.58. The van der Waals surface area contributed by atoms with Crippen molar-refractivity contribution in [3.8, 4) is 11.1 Å². The Morgan fingerprint density at radius 3 is 2.10 bits per heavy atom. The van der Waals surface area contributed by atoms with Crippen LogP contribution in [0.5, 0.6) is 0 Å². The van der Waals surface area contributed by atoms with Gasteiger partial charge in [-0.15, -0.1) is 11.3 Å². The predicted molar refractivity (Wildman–Crippen MR) is 268 cm³/mol. The van der Waals surface area contributed by atoms with Gasteiger partial charge in [-0.1, -0.05) is 120 Å². The fourth-order valence-electron chi connectivity index (χ4n) is 10.4. The largest absolute Gasteiger partial charge is 0.449 e. The molecule has 1 aliphatic heterocycles. The van der Waals surface area contributed by atoms with Crippen LogP contribution in [0.15, 0.2) is 90.4 Å².